The van der Waals surface area contributed by atoms with E-state index in [2.05, 4.69) is 185 Å². The van der Waals surface area contributed by atoms with E-state index in [0.717, 1.165) is 0 Å². The average Bonchev–Trinajstić information content (AvgIpc) is 2.64. The molecule has 0 nitrogen and oxygen atoms in total. The van der Waals surface area contributed by atoms with E-state index in [1.165, 1.54) is 11.1 Å². The second-order valence-electron chi connectivity index (χ2n) is 7.53. The van der Waals surface area contributed by atoms with E-state index >= 15 is 0 Å². The number of halogens is 8. The van der Waals surface area contributed by atoms with E-state index in [9.17, 15) is 0 Å². The fourth-order valence-electron chi connectivity index (χ4n) is 4.32. The summed E-state index contributed by atoms with van der Waals surface area (Å²) in [7, 11) is 0. The summed E-state index contributed by atoms with van der Waals surface area (Å²) in [6, 6.07) is 10.6. The van der Waals surface area contributed by atoms with Gasteiger partial charge in [-0.25, -0.2) is 0 Å². The number of allylic oxidation sites excluding steroid dienone is 2. The molecule has 3 atom stereocenters. The van der Waals surface area contributed by atoms with Gasteiger partial charge in [0.25, 0.3) is 0 Å². The Balaban J connectivity index is 2.49. The van der Waals surface area contributed by atoms with Crippen molar-refractivity contribution in [3.05, 3.63) is 47.5 Å². The Morgan fingerprint density at radius 3 is 1.77 bits per heavy atom. The first kappa shape index (κ1) is 23.5. The highest BCUT2D eigenvalue weighted by Gasteiger charge is 2.82. The summed E-state index contributed by atoms with van der Waals surface area (Å²) in [4.78, 5) is 0.0580. The van der Waals surface area contributed by atoms with E-state index in [1.54, 1.807) is 0 Å². The average molecular weight is 872 g/mol. The van der Waals surface area contributed by atoms with Gasteiger partial charge in [0.05, 0.1) is 9.15 Å². The van der Waals surface area contributed by atoms with Crippen LogP contribution in [0.25, 0.3) is 0 Å². The Morgan fingerprint density at radius 1 is 0.769 bits per heavy atom. The maximum atomic E-state index is 4.26. The van der Waals surface area contributed by atoms with Crippen LogP contribution in [0.5, 0.6) is 0 Å². The van der Waals surface area contributed by atoms with Crippen LogP contribution in [-0.2, 0) is 5.41 Å². The molecule has 144 valence electrons. The van der Waals surface area contributed by atoms with Crippen LogP contribution < -0.4 is 0 Å². The van der Waals surface area contributed by atoms with Gasteiger partial charge in [-0.15, -0.1) is 0 Å². The predicted octanol–water partition coefficient (Wildman–Crippen LogP) is 9.28. The van der Waals surface area contributed by atoms with E-state index in [1.807, 2.05) is 0 Å². The number of hydrogen-bond acceptors (Lipinski definition) is 0. The monoisotopic (exact) mass is 863 g/mol. The lowest BCUT2D eigenvalue weighted by Gasteiger charge is -2.57. The normalized spacial score (nSPS) is 39.2. The molecule has 26 heavy (non-hydrogen) atoms. The largest absolute Gasteiger partial charge is 0.127 e. The Kier molecular flexibility index (Phi) is 6.23. The Labute approximate surface area is 222 Å². The van der Waals surface area contributed by atoms with Crippen LogP contribution in [0.4, 0.5) is 0 Å². The van der Waals surface area contributed by atoms with Crippen molar-refractivity contribution in [1.29, 1.82) is 0 Å². The zero-order chi connectivity index (χ0) is 20.0. The van der Waals surface area contributed by atoms with E-state index in [4.69, 9.17) is 0 Å². The molecular weight excluding hydrogens is 855 g/mol. The van der Waals surface area contributed by atoms with Crippen LogP contribution >= 0.6 is 127 Å². The molecule has 3 rings (SSSR count). The lowest BCUT2D eigenvalue weighted by molar-refractivity contribution is 0.347. The van der Waals surface area contributed by atoms with Gasteiger partial charge in [0, 0.05) is 10.8 Å². The summed E-state index contributed by atoms with van der Waals surface area (Å²) in [5, 5.41) is 0. The second-order valence-corrected chi connectivity index (χ2v) is 20.2. The van der Waals surface area contributed by atoms with Gasteiger partial charge in [-0.1, -0.05) is 185 Å². The molecule has 0 amide bonds. The standard InChI is InChI=1S/C18H16Br8/c1-13(2)11-9-12(19)16(21,22)18(25,26)15(11,20)14(3,17(13,23)24)10-7-5-4-6-8-10/h4-9,12H,1-3H3. The fourth-order valence-corrected chi connectivity index (χ4v) is 12.1. The minimum absolute atomic E-state index is 0.0580. The molecule has 1 aromatic rings. The highest BCUT2D eigenvalue weighted by molar-refractivity contribution is 9.31. The first-order valence-corrected chi connectivity index (χ1v) is 14.3. The van der Waals surface area contributed by atoms with Crippen molar-refractivity contribution in [2.75, 3.05) is 0 Å². The maximum Gasteiger partial charge on any atom is 0.127 e. The summed E-state index contributed by atoms with van der Waals surface area (Å²) in [5.74, 6) is 0. The molecule has 1 saturated carbocycles. The Bertz CT molecular complexity index is 767. The van der Waals surface area contributed by atoms with Crippen molar-refractivity contribution < 1.29 is 0 Å². The van der Waals surface area contributed by atoms with E-state index in [-0.39, 0.29) is 15.7 Å². The molecular formula is C18H16Br8. The molecule has 0 spiro atoms. The zero-order valence-corrected chi connectivity index (χ0v) is 26.8. The SMILES string of the molecule is CC1(C)C2=CC(Br)C(Br)(Br)C(Br)(Br)C2(Br)C(C)(c2ccccc2)C1(Br)Br. The van der Waals surface area contributed by atoms with E-state index < -0.39 is 14.0 Å². The molecule has 0 bridgehead atoms. The van der Waals surface area contributed by atoms with Crippen molar-refractivity contribution in [2.24, 2.45) is 5.41 Å². The molecule has 0 saturated heterocycles. The quantitative estimate of drug-likeness (QED) is 0.195. The number of benzene rings is 1. The molecule has 2 aliphatic rings. The Hall–Kier alpha value is 2.80. The van der Waals surface area contributed by atoms with Gasteiger partial charge in [-0.3, -0.25) is 0 Å². The lowest BCUT2D eigenvalue weighted by Crippen LogP contribution is -2.65. The van der Waals surface area contributed by atoms with Crippen LogP contribution in [0.3, 0.4) is 0 Å². The topological polar surface area (TPSA) is 0 Å². The van der Waals surface area contributed by atoms with Crippen LogP contribution in [0.1, 0.15) is 26.3 Å². The van der Waals surface area contributed by atoms with Gasteiger partial charge in [0.15, 0.2) is 0 Å². The van der Waals surface area contributed by atoms with Crippen molar-refractivity contribution in [1.82, 2.24) is 0 Å². The fraction of sp³-hybridized carbons (Fsp3) is 0.556. The third kappa shape index (κ3) is 2.54. The first-order valence-electron chi connectivity index (χ1n) is 7.86. The minimum atomic E-state index is -0.566. The number of rotatable bonds is 1. The van der Waals surface area contributed by atoms with Crippen molar-refractivity contribution >= 4 is 127 Å². The summed E-state index contributed by atoms with van der Waals surface area (Å²) < 4.78 is -1.94. The molecule has 8 heteroatoms. The number of alkyl halides is 8. The molecule has 0 aromatic heterocycles. The van der Waals surface area contributed by atoms with Gasteiger partial charge in [-0.2, -0.15) is 0 Å². The molecule has 3 unspecified atom stereocenters. The third-order valence-electron chi connectivity index (χ3n) is 6.01. The van der Waals surface area contributed by atoms with E-state index in [0.29, 0.717) is 0 Å². The molecule has 1 fully saturated rings. The third-order valence-corrected chi connectivity index (χ3v) is 21.4. The molecule has 0 N–H and O–H groups in total. The molecule has 0 radical (unpaired) electrons. The smallest absolute Gasteiger partial charge is 0.0820 e. The molecule has 0 heterocycles. The lowest BCUT2D eigenvalue weighted by atomic mass is 9.69. The second kappa shape index (κ2) is 6.90. The number of fused-ring (bicyclic) bond motifs is 1. The van der Waals surface area contributed by atoms with Crippen LogP contribution in [-0.4, -0.2) is 18.9 Å². The van der Waals surface area contributed by atoms with Crippen molar-refractivity contribution in [3.63, 3.8) is 0 Å². The maximum absolute atomic E-state index is 4.26. The van der Waals surface area contributed by atoms with Crippen molar-refractivity contribution in [2.45, 2.75) is 45.0 Å². The number of hydrogen-bond donors (Lipinski definition) is 0. The van der Waals surface area contributed by atoms with Gasteiger partial charge in [0.2, 0.25) is 0 Å². The van der Waals surface area contributed by atoms with Gasteiger partial charge < -0.3 is 0 Å². The zero-order valence-electron chi connectivity index (χ0n) is 14.1. The van der Waals surface area contributed by atoms with Gasteiger partial charge in [-0.05, 0) is 11.1 Å². The van der Waals surface area contributed by atoms with Crippen molar-refractivity contribution in [3.8, 4) is 0 Å². The van der Waals surface area contributed by atoms with Gasteiger partial charge in [0.1, 0.15) is 9.70 Å². The summed E-state index contributed by atoms with van der Waals surface area (Å²) >= 11 is 32.3. The predicted molar refractivity (Wildman–Crippen MR) is 142 cm³/mol. The molecule has 2 aliphatic carbocycles. The first-order chi connectivity index (χ1) is 11.6. The molecule has 0 aliphatic heterocycles. The highest BCUT2D eigenvalue weighted by atomic mass is 79.9. The Morgan fingerprint density at radius 2 is 1.27 bits per heavy atom. The molecule has 1 aromatic carbocycles. The minimum Gasteiger partial charge on any atom is -0.0820 e. The van der Waals surface area contributed by atoms with Gasteiger partial charge >= 0.3 is 0 Å². The van der Waals surface area contributed by atoms with Crippen LogP contribution in [0.2, 0.25) is 0 Å². The summed E-state index contributed by atoms with van der Waals surface area (Å²) in [5.41, 5.74) is 1.96. The highest BCUT2D eigenvalue weighted by Crippen LogP contribution is 2.82. The van der Waals surface area contributed by atoms with Crippen LogP contribution in [0.15, 0.2) is 42.0 Å². The summed E-state index contributed by atoms with van der Waals surface area (Å²) in [6.07, 6.45) is 2.31. The summed E-state index contributed by atoms with van der Waals surface area (Å²) in [6.45, 7) is 6.85. The van der Waals surface area contributed by atoms with Crippen LogP contribution in [0, 0.1) is 5.41 Å².